The van der Waals surface area contributed by atoms with E-state index in [4.69, 9.17) is 0 Å². The van der Waals surface area contributed by atoms with Crippen LogP contribution in [0.3, 0.4) is 0 Å². The highest BCUT2D eigenvalue weighted by atomic mass is 79.9. The van der Waals surface area contributed by atoms with Crippen molar-refractivity contribution in [3.8, 4) is 5.75 Å². The predicted octanol–water partition coefficient (Wildman–Crippen LogP) is 5.33. The Morgan fingerprint density at radius 3 is 2.30 bits per heavy atom. The van der Waals surface area contributed by atoms with Gasteiger partial charge in [0.05, 0.1) is 6.04 Å². The maximum absolute atomic E-state index is 10.00. The van der Waals surface area contributed by atoms with E-state index in [2.05, 4.69) is 54.2 Å². The van der Waals surface area contributed by atoms with E-state index in [1.807, 2.05) is 18.2 Å². The minimum absolute atomic E-state index is 0.108. The maximum Gasteiger partial charge on any atom is 0.120 e. The summed E-state index contributed by atoms with van der Waals surface area (Å²) in [4.78, 5) is 0. The molecule has 0 saturated carbocycles. The van der Waals surface area contributed by atoms with Crippen molar-refractivity contribution in [3.05, 3.63) is 57.6 Å². The van der Waals surface area contributed by atoms with E-state index >= 15 is 0 Å². The molecule has 106 valence electrons. The highest BCUT2D eigenvalue weighted by Gasteiger charge is 2.13. The first kappa shape index (κ1) is 14.9. The van der Waals surface area contributed by atoms with Gasteiger partial charge in [-0.15, -0.1) is 0 Å². The fourth-order valence-electron chi connectivity index (χ4n) is 2.41. The number of benzene rings is 2. The number of aryl methyl sites for hydroxylation is 2. The molecule has 0 amide bonds. The largest absolute Gasteiger partial charge is 0.508 e. The van der Waals surface area contributed by atoms with E-state index in [-0.39, 0.29) is 6.04 Å². The molecule has 2 nitrogen and oxygen atoms in total. The molecule has 0 saturated heterocycles. The zero-order chi connectivity index (χ0) is 14.7. The molecular formula is C17H20BrNO. The molecule has 0 aliphatic rings. The van der Waals surface area contributed by atoms with Gasteiger partial charge < -0.3 is 10.4 Å². The smallest absolute Gasteiger partial charge is 0.120 e. The summed E-state index contributed by atoms with van der Waals surface area (Å²) in [5.41, 5.74) is 4.44. The van der Waals surface area contributed by atoms with Crippen LogP contribution in [0.4, 0.5) is 5.69 Å². The molecular weight excluding hydrogens is 314 g/mol. The average Bonchev–Trinajstić information content (AvgIpc) is 2.43. The van der Waals surface area contributed by atoms with Gasteiger partial charge in [0.25, 0.3) is 0 Å². The second kappa shape index (κ2) is 6.31. The highest BCUT2D eigenvalue weighted by molar-refractivity contribution is 9.10. The van der Waals surface area contributed by atoms with Gasteiger partial charge >= 0.3 is 0 Å². The minimum atomic E-state index is 0.108. The normalized spacial score (nSPS) is 12.2. The molecule has 3 heteroatoms. The number of anilines is 1. The van der Waals surface area contributed by atoms with Crippen LogP contribution in [0.5, 0.6) is 5.75 Å². The van der Waals surface area contributed by atoms with E-state index in [1.165, 1.54) is 11.1 Å². The van der Waals surface area contributed by atoms with Gasteiger partial charge in [-0.25, -0.2) is 0 Å². The van der Waals surface area contributed by atoms with Crippen LogP contribution in [0.2, 0.25) is 0 Å². The lowest BCUT2D eigenvalue weighted by molar-refractivity contribution is 0.463. The summed E-state index contributed by atoms with van der Waals surface area (Å²) < 4.78 is 1.15. The molecule has 20 heavy (non-hydrogen) atoms. The predicted molar refractivity (Wildman–Crippen MR) is 88.4 cm³/mol. The number of phenolic OH excluding ortho intramolecular Hbond substituents is 1. The summed E-state index contributed by atoms with van der Waals surface area (Å²) in [6.07, 6.45) is 0.908. The molecule has 2 aromatic carbocycles. The molecule has 0 aromatic heterocycles. The van der Waals surface area contributed by atoms with E-state index < -0.39 is 0 Å². The number of rotatable bonds is 4. The summed E-state index contributed by atoms with van der Waals surface area (Å²) in [6.45, 7) is 6.29. The van der Waals surface area contributed by atoms with Gasteiger partial charge in [-0.2, -0.15) is 0 Å². The van der Waals surface area contributed by atoms with Crippen LogP contribution in [-0.4, -0.2) is 5.11 Å². The SMILES string of the molecule is CCC(Nc1cc(C)c(Br)c(C)c1)c1ccccc1O. The molecule has 0 aliphatic carbocycles. The molecule has 0 fully saturated rings. The first-order chi connectivity index (χ1) is 9.52. The van der Waals surface area contributed by atoms with Crippen LogP contribution in [-0.2, 0) is 0 Å². The monoisotopic (exact) mass is 333 g/mol. The summed E-state index contributed by atoms with van der Waals surface area (Å²) in [5, 5.41) is 13.5. The highest BCUT2D eigenvalue weighted by Crippen LogP contribution is 2.31. The van der Waals surface area contributed by atoms with Crippen LogP contribution in [0.15, 0.2) is 40.9 Å². The molecule has 0 spiro atoms. The lowest BCUT2D eigenvalue weighted by Gasteiger charge is -2.21. The molecule has 0 bridgehead atoms. The Balaban J connectivity index is 2.30. The Morgan fingerprint density at radius 1 is 1.15 bits per heavy atom. The number of nitrogens with one attached hydrogen (secondary N) is 1. The Hall–Kier alpha value is -1.48. The van der Waals surface area contributed by atoms with Gasteiger partial charge in [0.15, 0.2) is 0 Å². The van der Waals surface area contributed by atoms with Crippen molar-refractivity contribution in [3.63, 3.8) is 0 Å². The van der Waals surface area contributed by atoms with Crippen molar-refractivity contribution in [1.82, 2.24) is 0 Å². The van der Waals surface area contributed by atoms with Gasteiger partial charge in [0.2, 0.25) is 0 Å². The average molecular weight is 334 g/mol. The Labute approximate surface area is 129 Å². The first-order valence-electron chi connectivity index (χ1n) is 6.84. The molecule has 2 N–H and O–H groups in total. The van der Waals surface area contributed by atoms with Crippen LogP contribution in [0.25, 0.3) is 0 Å². The second-order valence-corrected chi connectivity index (χ2v) is 5.88. The number of phenols is 1. The fourth-order valence-corrected chi connectivity index (χ4v) is 2.64. The minimum Gasteiger partial charge on any atom is -0.508 e. The third-order valence-electron chi connectivity index (χ3n) is 3.50. The number of para-hydroxylation sites is 1. The topological polar surface area (TPSA) is 32.3 Å². The van der Waals surface area contributed by atoms with E-state index in [0.29, 0.717) is 5.75 Å². The summed E-state index contributed by atoms with van der Waals surface area (Å²) >= 11 is 3.59. The quantitative estimate of drug-likeness (QED) is 0.791. The summed E-state index contributed by atoms with van der Waals surface area (Å²) in [7, 11) is 0. The van der Waals surface area contributed by atoms with Crippen LogP contribution >= 0.6 is 15.9 Å². The first-order valence-corrected chi connectivity index (χ1v) is 7.63. The van der Waals surface area contributed by atoms with Gasteiger partial charge in [0.1, 0.15) is 5.75 Å². The van der Waals surface area contributed by atoms with E-state index in [1.54, 1.807) is 6.07 Å². The third-order valence-corrected chi connectivity index (χ3v) is 4.75. The zero-order valence-electron chi connectivity index (χ0n) is 12.1. The summed E-state index contributed by atoms with van der Waals surface area (Å²) in [6, 6.07) is 11.9. The molecule has 1 atom stereocenters. The standard InChI is InChI=1S/C17H20BrNO/c1-4-15(14-7-5-6-8-16(14)20)19-13-9-11(2)17(18)12(3)10-13/h5-10,15,19-20H,4H2,1-3H3. The van der Waals surface area contributed by atoms with Crippen LogP contribution in [0, 0.1) is 13.8 Å². The molecule has 2 rings (SSSR count). The van der Waals surface area contributed by atoms with Gasteiger partial charge in [-0.05, 0) is 49.6 Å². The second-order valence-electron chi connectivity index (χ2n) is 5.09. The molecule has 0 aliphatic heterocycles. The molecule has 0 radical (unpaired) electrons. The summed E-state index contributed by atoms with van der Waals surface area (Å²) in [5.74, 6) is 0.345. The van der Waals surface area contributed by atoms with Crippen molar-refractivity contribution < 1.29 is 5.11 Å². The Bertz CT molecular complexity index is 587. The van der Waals surface area contributed by atoms with Crippen molar-refractivity contribution in [2.24, 2.45) is 0 Å². The van der Waals surface area contributed by atoms with E-state index in [9.17, 15) is 5.11 Å². The van der Waals surface area contributed by atoms with Crippen molar-refractivity contribution in [2.45, 2.75) is 33.2 Å². The molecule has 1 unspecified atom stereocenters. The number of aromatic hydroxyl groups is 1. The molecule has 0 heterocycles. The fraction of sp³-hybridized carbons (Fsp3) is 0.294. The van der Waals surface area contributed by atoms with Gasteiger partial charge in [0, 0.05) is 15.7 Å². The molecule has 2 aromatic rings. The third kappa shape index (κ3) is 3.15. The lowest BCUT2D eigenvalue weighted by atomic mass is 10.0. The maximum atomic E-state index is 10.00. The van der Waals surface area contributed by atoms with Gasteiger partial charge in [-0.3, -0.25) is 0 Å². The Kier molecular flexibility index (Phi) is 4.71. The van der Waals surface area contributed by atoms with Crippen molar-refractivity contribution >= 4 is 21.6 Å². The van der Waals surface area contributed by atoms with Gasteiger partial charge in [-0.1, -0.05) is 41.1 Å². The van der Waals surface area contributed by atoms with Crippen molar-refractivity contribution in [2.75, 3.05) is 5.32 Å². The number of hydrogen-bond acceptors (Lipinski definition) is 2. The zero-order valence-corrected chi connectivity index (χ0v) is 13.7. The van der Waals surface area contributed by atoms with E-state index in [0.717, 1.165) is 22.1 Å². The van der Waals surface area contributed by atoms with Crippen molar-refractivity contribution in [1.29, 1.82) is 0 Å². The Morgan fingerprint density at radius 2 is 1.75 bits per heavy atom. The number of halogens is 1. The lowest BCUT2D eigenvalue weighted by Crippen LogP contribution is -2.10. The van der Waals surface area contributed by atoms with Crippen LogP contribution < -0.4 is 5.32 Å². The van der Waals surface area contributed by atoms with Crippen LogP contribution in [0.1, 0.15) is 36.1 Å². The number of hydrogen-bond donors (Lipinski definition) is 2.